The van der Waals surface area contributed by atoms with E-state index in [4.69, 9.17) is 0 Å². The van der Waals surface area contributed by atoms with E-state index >= 15 is 0 Å². The average Bonchev–Trinajstić information content (AvgIpc) is 2.54. The molecule has 0 fully saturated rings. The first-order valence-corrected chi connectivity index (χ1v) is 7.10. The predicted molar refractivity (Wildman–Crippen MR) is 76.4 cm³/mol. The molecule has 0 radical (unpaired) electrons. The summed E-state index contributed by atoms with van der Waals surface area (Å²) in [6.45, 7) is 6.08. The van der Waals surface area contributed by atoms with Crippen LogP contribution in [0, 0.1) is 12.7 Å². The van der Waals surface area contributed by atoms with Gasteiger partial charge in [0.05, 0.1) is 10.0 Å². The summed E-state index contributed by atoms with van der Waals surface area (Å²) in [6.07, 6.45) is 0. The first-order chi connectivity index (χ1) is 7.87. The maximum Gasteiger partial charge on any atom is 0.161 e. The molecule has 2 rings (SSSR count). The Morgan fingerprint density at radius 3 is 2.76 bits per heavy atom. The number of aryl methyl sites for hydroxylation is 1. The van der Waals surface area contributed by atoms with Gasteiger partial charge in [-0.3, -0.25) is 4.99 Å². The topological polar surface area (TPSA) is 24.4 Å². The second-order valence-electron chi connectivity index (χ2n) is 4.72. The standard InChI is InChI=1S/C12H14BrFN2S/c1-7-4-9(14)8(13)5-10(7)15-11-16-12(2,3)6-17-11/h4-5H,6H2,1-3H3,(H,15,16). The third-order valence-electron chi connectivity index (χ3n) is 2.48. The maximum absolute atomic E-state index is 13.3. The third kappa shape index (κ3) is 3.01. The van der Waals surface area contributed by atoms with Crippen LogP contribution in [-0.2, 0) is 0 Å². The van der Waals surface area contributed by atoms with Crippen molar-refractivity contribution in [2.75, 3.05) is 11.1 Å². The van der Waals surface area contributed by atoms with Crippen molar-refractivity contribution in [1.29, 1.82) is 0 Å². The Morgan fingerprint density at radius 1 is 1.47 bits per heavy atom. The van der Waals surface area contributed by atoms with Crippen LogP contribution in [0.15, 0.2) is 21.6 Å². The van der Waals surface area contributed by atoms with Crippen LogP contribution < -0.4 is 5.32 Å². The molecule has 1 aromatic rings. The summed E-state index contributed by atoms with van der Waals surface area (Å²) in [6, 6.07) is 3.26. The molecule has 0 unspecified atom stereocenters. The van der Waals surface area contributed by atoms with E-state index < -0.39 is 0 Å². The Kier molecular flexibility index (Phi) is 3.50. The van der Waals surface area contributed by atoms with Crippen molar-refractivity contribution < 1.29 is 4.39 Å². The van der Waals surface area contributed by atoms with Crippen LogP contribution in [0.5, 0.6) is 0 Å². The fourth-order valence-electron chi connectivity index (χ4n) is 1.54. The smallest absolute Gasteiger partial charge is 0.161 e. The number of nitrogens with one attached hydrogen (secondary N) is 1. The molecule has 92 valence electrons. The van der Waals surface area contributed by atoms with Crippen molar-refractivity contribution >= 4 is 38.5 Å². The zero-order valence-electron chi connectivity index (χ0n) is 9.97. The van der Waals surface area contributed by atoms with Gasteiger partial charge in [0.2, 0.25) is 0 Å². The minimum Gasteiger partial charge on any atom is -0.335 e. The molecule has 1 aromatic carbocycles. The van der Waals surface area contributed by atoms with Crippen molar-refractivity contribution in [3.8, 4) is 0 Å². The van der Waals surface area contributed by atoms with Gasteiger partial charge in [0, 0.05) is 11.4 Å². The third-order valence-corrected chi connectivity index (χ3v) is 4.40. The zero-order valence-corrected chi connectivity index (χ0v) is 12.4. The molecule has 2 nitrogen and oxygen atoms in total. The lowest BCUT2D eigenvalue weighted by Gasteiger charge is -2.10. The Balaban J connectivity index is 2.23. The lowest BCUT2D eigenvalue weighted by Crippen LogP contribution is -2.15. The second-order valence-corrected chi connectivity index (χ2v) is 6.54. The average molecular weight is 317 g/mol. The molecule has 0 aromatic heterocycles. The van der Waals surface area contributed by atoms with E-state index in [1.54, 1.807) is 17.8 Å². The molecular formula is C12H14BrFN2S. The number of thioether (sulfide) groups is 1. The largest absolute Gasteiger partial charge is 0.335 e. The van der Waals surface area contributed by atoms with Gasteiger partial charge in [0.25, 0.3) is 0 Å². The molecule has 17 heavy (non-hydrogen) atoms. The molecule has 0 amide bonds. The summed E-state index contributed by atoms with van der Waals surface area (Å²) in [5.41, 5.74) is 1.75. The second kappa shape index (κ2) is 4.61. The van der Waals surface area contributed by atoms with Crippen LogP contribution in [0.2, 0.25) is 0 Å². The van der Waals surface area contributed by atoms with Gasteiger partial charge in [0.15, 0.2) is 5.17 Å². The van der Waals surface area contributed by atoms with Crippen molar-refractivity contribution in [1.82, 2.24) is 0 Å². The lowest BCUT2D eigenvalue weighted by molar-refractivity contribution is 0.605. The minimum absolute atomic E-state index is 0.0157. The van der Waals surface area contributed by atoms with E-state index in [0.29, 0.717) is 4.47 Å². The van der Waals surface area contributed by atoms with E-state index in [2.05, 4.69) is 40.1 Å². The molecule has 1 N–H and O–H groups in total. The molecule has 0 saturated carbocycles. The van der Waals surface area contributed by atoms with Crippen molar-refractivity contribution in [3.05, 3.63) is 28.0 Å². The Bertz CT molecular complexity index is 486. The highest BCUT2D eigenvalue weighted by Crippen LogP contribution is 2.30. The molecule has 1 heterocycles. The van der Waals surface area contributed by atoms with Gasteiger partial charge in [-0.05, 0) is 54.4 Å². The van der Waals surface area contributed by atoms with Crippen LogP contribution in [0.3, 0.4) is 0 Å². The number of anilines is 1. The summed E-state index contributed by atoms with van der Waals surface area (Å²) in [7, 11) is 0. The number of hydrogen-bond acceptors (Lipinski definition) is 3. The van der Waals surface area contributed by atoms with Gasteiger partial charge in [0.1, 0.15) is 5.82 Å². The first-order valence-electron chi connectivity index (χ1n) is 5.33. The fraction of sp³-hybridized carbons (Fsp3) is 0.417. The number of rotatable bonds is 1. The van der Waals surface area contributed by atoms with Crippen LogP contribution in [-0.4, -0.2) is 16.5 Å². The number of amidine groups is 1. The van der Waals surface area contributed by atoms with E-state index in [1.807, 2.05) is 6.92 Å². The molecule has 0 saturated heterocycles. The van der Waals surface area contributed by atoms with Gasteiger partial charge < -0.3 is 5.32 Å². The number of hydrogen-bond donors (Lipinski definition) is 1. The highest BCUT2D eigenvalue weighted by molar-refractivity contribution is 9.10. The maximum atomic E-state index is 13.3. The van der Waals surface area contributed by atoms with E-state index in [-0.39, 0.29) is 11.4 Å². The van der Waals surface area contributed by atoms with Gasteiger partial charge in [-0.2, -0.15) is 0 Å². The minimum atomic E-state index is -0.241. The number of halogens is 2. The Hall–Kier alpha value is -0.550. The molecule has 0 atom stereocenters. The molecule has 0 aliphatic carbocycles. The summed E-state index contributed by atoms with van der Waals surface area (Å²) in [4.78, 5) is 4.57. The van der Waals surface area contributed by atoms with Crippen LogP contribution >= 0.6 is 27.7 Å². The van der Waals surface area contributed by atoms with Crippen molar-refractivity contribution in [2.45, 2.75) is 26.3 Å². The monoisotopic (exact) mass is 316 g/mol. The molecule has 1 aliphatic rings. The predicted octanol–water partition coefficient (Wildman–Crippen LogP) is 4.19. The SMILES string of the molecule is Cc1cc(F)c(Br)cc1NC1=NC(C)(C)CS1. The normalized spacial score (nSPS) is 18.1. The molecule has 0 spiro atoms. The van der Waals surface area contributed by atoms with E-state index in [1.165, 1.54) is 6.07 Å². The first kappa shape index (κ1) is 12.9. The molecule has 5 heteroatoms. The Labute approximate surface area is 113 Å². The molecule has 0 bridgehead atoms. The highest BCUT2D eigenvalue weighted by Gasteiger charge is 2.25. The Morgan fingerprint density at radius 2 is 2.18 bits per heavy atom. The van der Waals surface area contributed by atoms with Gasteiger partial charge in [-0.1, -0.05) is 11.8 Å². The number of nitrogens with zero attached hydrogens (tertiary/aromatic N) is 1. The molecular weight excluding hydrogens is 303 g/mol. The quantitative estimate of drug-likeness (QED) is 0.840. The summed E-state index contributed by atoms with van der Waals surface area (Å²) in [5.74, 6) is 0.728. The van der Waals surface area contributed by atoms with E-state index in [9.17, 15) is 4.39 Å². The van der Waals surface area contributed by atoms with Crippen LogP contribution in [0.1, 0.15) is 19.4 Å². The molecule has 1 aliphatic heterocycles. The van der Waals surface area contributed by atoms with Crippen LogP contribution in [0.25, 0.3) is 0 Å². The van der Waals surface area contributed by atoms with Gasteiger partial charge in [-0.25, -0.2) is 4.39 Å². The fourth-order valence-corrected chi connectivity index (χ4v) is 2.94. The van der Waals surface area contributed by atoms with Crippen molar-refractivity contribution in [2.24, 2.45) is 4.99 Å². The summed E-state index contributed by atoms with van der Waals surface area (Å²) >= 11 is 4.88. The van der Waals surface area contributed by atoms with E-state index in [0.717, 1.165) is 22.2 Å². The van der Waals surface area contributed by atoms with Crippen molar-refractivity contribution in [3.63, 3.8) is 0 Å². The zero-order chi connectivity index (χ0) is 12.6. The van der Waals surface area contributed by atoms with Gasteiger partial charge in [-0.15, -0.1) is 0 Å². The lowest BCUT2D eigenvalue weighted by atomic mass is 10.1. The van der Waals surface area contributed by atoms with Gasteiger partial charge >= 0.3 is 0 Å². The summed E-state index contributed by atoms with van der Waals surface area (Å²) < 4.78 is 13.8. The highest BCUT2D eigenvalue weighted by atomic mass is 79.9. The van der Waals surface area contributed by atoms with Crippen LogP contribution in [0.4, 0.5) is 10.1 Å². The number of aliphatic imine (C=N–C) groups is 1. The summed E-state index contributed by atoms with van der Waals surface area (Å²) in [5, 5.41) is 4.15. The number of benzene rings is 1.